The van der Waals surface area contributed by atoms with Crippen molar-refractivity contribution in [2.75, 3.05) is 24.3 Å². The minimum absolute atomic E-state index is 0.127. The number of hydrogen-bond acceptors (Lipinski definition) is 5. The van der Waals surface area contributed by atoms with Crippen LogP contribution in [0.15, 0.2) is 58.1 Å². The molecule has 0 saturated carbocycles. The summed E-state index contributed by atoms with van der Waals surface area (Å²) in [4.78, 5) is 40.4. The number of nitrogens with one attached hydrogen (secondary N) is 1. The van der Waals surface area contributed by atoms with Gasteiger partial charge < -0.3 is 15.4 Å². The summed E-state index contributed by atoms with van der Waals surface area (Å²) in [6, 6.07) is 13.7. The third-order valence-electron chi connectivity index (χ3n) is 4.36. The summed E-state index contributed by atoms with van der Waals surface area (Å²) in [5.74, 6) is -0.344. The molecule has 0 saturated heterocycles. The topological polar surface area (TPSA) is 110 Å². The average Bonchev–Trinajstić information content (AvgIpc) is 2.72. The lowest BCUT2D eigenvalue weighted by Crippen LogP contribution is -2.41. The molecule has 30 heavy (non-hydrogen) atoms. The SMILES string of the molecule is CN(C(=O)COc1ccc(Cl)c(Cl)c1)c1c(N)n(Cc2ccccc2)c(=O)[nH]c1=O. The zero-order chi connectivity index (χ0) is 21.8. The molecule has 0 aliphatic heterocycles. The molecule has 8 nitrogen and oxygen atoms in total. The lowest BCUT2D eigenvalue weighted by molar-refractivity contribution is -0.120. The first-order valence-electron chi connectivity index (χ1n) is 8.79. The van der Waals surface area contributed by atoms with Crippen molar-refractivity contribution in [2.24, 2.45) is 0 Å². The van der Waals surface area contributed by atoms with Crippen LogP contribution in [-0.2, 0) is 11.3 Å². The molecule has 1 amide bonds. The molecule has 0 spiro atoms. The van der Waals surface area contributed by atoms with E-state index in [9.17, 15) is 14.4 Å². The summed E-state index contributed by atoms with van der Waals surface area (Å²) in [6.07, 6.45) is 0. The van der Waals surface area contributed by atoms with Crippen LogP contribution in [0.3, 0.4) is 0 Å². The van der Waals surface area contributed by atoms with Crippen LogP contribution in [0.2, 0.25) is 10.0 Å². The van der Waals surface area contributed by atoms with Crippen molar-refractivity contribution in [3.05, 3.63) is 85.0 Å². The summed E-state index contributed by atoms with van der Waals surface area (Å²) >= 11 is 11.8. The molecule has 1 aromatic heterocycles. The summed E-state index contributed by atoms with van der Waals surface area (Å²) in [7, 11) is 1.37. The zero-order valence-corrected chi connectivity index (χ0v) is 17.4. The molecule has 0 radical (unpaired) electrons. The van der Waals surface area contributed by atoms with Crippen molar-refractivity contribution in [3.8, 4) is 5.75 Å². The number of likely N-dealkylation sites (N-methyl/N-ethyl adjacent to an activating group) is 1. The Labute approximate surface area is 181 Å². The van der Waals surface area contributed by atoms with E-state index < -0.39 is 17.2 Å². The van der Waals surface area contributed by atoms with Crippen LogP contribution in [0.4, 0.5) is 11.5 Å². The van der Waals surface area contributed by atoms with Crippen molar-refractivity contribution in [1.82, 2.24) is 9.55 Å². The first kappa shape index (κ1) is 21.5. The second-order valence-electron chi connectivity index (χ2n) is 6.38. The number of amides is 1. The largest absolute Gasteiger partial charge is 0.484 e. The monoisotopic (exact) mass is 448 g/mol. The fraction of sp³-hybridized carbons (Fsp3) is 0.150. The van der Waals surface area contributed by atoms with Gasteiger partial charge in [-0.3, -0.25) is 19.1 Å². The number of benzene rings is 2. The second kappa shape index (κ2) is 9.06. The Morgan fingerprint density at radius 1 is 1.13 bits per heavy atom. The molecular weight excluding hydrogens is 431 g/mol. The Morgan fingerprint density at radius 2 is 1.83 bits per heavy atom. The number of nitrogen functional groups attached to an aromatic ring is 1. The quantitative estimate of drug-likeness (QED) is 0.601. The van der Waals surface area contributed by atoms with Crippen molar-refractivity contribution >= 4 is 40.6 Å². The molecule has 3 aromatic rings. The van der Waals surface area contributed by atoms with E-state index in [1.807, 2.05) is 30.3 Å². The molecular formula is C20H18Cl2N4O4. The van der Waals surface area contributed by atoms with Crippen LogP contribution >= 0.6 is 23.2 Å². The lowest BCUT2D eigenvalue weighted by Gasteiger charge is -2.20. The van der Waals surface area contributed by atoms with Crippen molar-refractivity contribution in [2.45, 2.75) is 6.54 Å². The Kier molecular flexibility index (Phi) is 6.49. The number of carbonyl (C=O) groups is 1. The summed E-state index contributed by atoms with van der Waals surface area (Å²) < 4.78 is 6.61. The van der Waals surface area contributed by atoms with Crippen LogP contribution in [0.25, 0.3) is 0 Å². The van der Waals surface area contributed by atoms with Gasteiger partial charge in [-0.15, -0.1) is 0 Å². The van der Waals surface area contributed by atoms with E-state index in [1.165, 1.54) is 23.7 Å². The number of ether oxygens (including phenoxy) is 1. The molecule has 3 rings (SSSR count). The minimum Gasteiger partial charge on any atom is -0.484 e. The molecule has 0 bridgehead atoms. The highest BCUT2D eigenvalue weighted by Crippen LogP contribution is 2.26. The molecule has 10 heteroatoms. The molecule has 0 aliphatic carbocycles. The van der Waals surface area contributed by atoms with Crippen LogP contribution in [0.1, 0.15) is 5.56 Å². The summed E-state index contributed by atoms with van der Waals surface area (Å²) in [5.41, 5.74) is 5.31. The van der Waals surface area contributed by atoms with Crippen LogP contribution in [-0.4, -0.2) is 29.1 Å². The zero-order valence-electron chi connectivity index (χ0n) is 15.9. The fourth-order valence-corrected chi connectivity index (χ4v) is 3.05. The molecule has 1 heterocycles. The molecule has 0 aliphatic rings. The number of nitrogens with two attached hydrogens (primary N) is 1. The van der Waals surface area contributed by atoms with E-state index in [0.29, 0.717) is 10.8 Å². The first-order chi connectivity index (χ1) is 14.3. The molecule has 3 N–H and O–H groups in total. The van der Waals surface area contributed by atoms with E-state index in [1.54, 1.807) is 6.07 Å². The van der Waals surface area contributed by atoms with Gasteiger partial charge in [-0.25, -0.2) is 4.79 Å². The van der Waals surface area contributed by atoms with Crippen LogP contribution in [0, 0.1) is 0 Å². The molecule has 0 atom stereocenters. The molecule has 156 valence electrons. The summed E-state index contributed by atoms with van der Waals surface area (Å²) in [6.45, 7) is -0.248. The maximum atomic E-state index is 12.6. The number of aromatic amines is 1. The van der Waals surface area contributed by atoms with Gasteiger partial charge in [-0.2, -0.15) is 0 Å². The standard InChI is InChI=1S/C20H18Cl2N4O4/c1-25(16(27)11-30-13-7-8-14(21)15(22)9-13)17-18(23)26(20(29)24-19(17)28)10-12-5-3-2-4-6-12/h2-9H,10-11,23H2,1H3,(H,24,28,29). The van der Waals surface area contributed by atoms with Gasteiger partial charge in [0.05, 0.1) is 16.6 Å². The third-order valence-corrected chi connectivity index (χ3v) is 5.10. The van der Waals surface area contributed by atoms with Crippen molar-refractivity contribution in [3.63, 3.8) is 0 Å². The highest BCUT2D eigenvalue weighted by molar-refractivity contribution is 6.42. The van der Waals surface area contributed by atoms with Gasteiger partial charge in [-0.05, 0) is 17.7 Å². The smallest absolute Gasteiger partial charge is 0.330 e. The minimum atomic E-state index is -0.771. The van der Waals surface area contributed by atoms with Gasteiger partial charge in [0.25, 0.3) is 11.5 Å². The number of rotatable bonds is 6. The number of anilines is 2. The molecule has 0 unspecified atom stereocenters. The van der Waals surface area contributed by atoms with E-state index >= 15 is 0 Å². The Bertz CT molecular complexity index is 1190. The maximum absolute atomic E-state index is 12.6. The van der Waals surface area contributed by atoms with Gasteiger partial charge >= 0.3 is 5.69 Å². The van der Waals surface area contributed by atoms with E-state index in [4.69, 9.17) is 33.7 Å². The summed E-state index contributed by atoms with van der Waals surface area (Å²) in [5, 5.41) is 0.635. The van der Waals surface area contributed by atoms with Crippen molar-refractivity contribution < 1.29 is 9.53 Å². The van der Waals surface area contributed by atoms with Gasteiger partial charge in [0.2, 0.25) is 0 Å². The van der Waals surface area contributed by atoms with Gasteiger partial charge in [-0.1, -0.05) is 53.5 Å². The lowest BCUT2D eigenvalue weighted by atomic mass is 10.2. The van der Waals surface area contributed by atoms with Gasteiger partial charge in [0, 0.05) is 13.1 Å². The van der Waals surface area contributed by atoms with E-state index in [-0.39, 0.29) is 29.7 Å². The predicted octanol–water partition coefficient (Wildman–Crippen LogP) is 2.52. The van der Waals surface area contributed by atoms with Crippen molar-refractivity contribution in [1.29, 1.82) is 0 Å². The maximum Gasteiger partial charge on any atom is 0.330 e. The second-order valence-corrected chi connectivity index (χ2v) is 7.20. The number of nitrogens with zero attached hydrogens (tertiary/aromatic N) is 2. The van der Waals surface area contributed by atoms with Crippen LogP contribution in [0.5, 0.6) is 5.75 Å². The normalized spacial score (nSPS) is 10.6. The number of H-pyrrole nitrogens is 1. The number of halogens is 2. The van der Waals surface area contributed by atoms with Gasteiger partial charge in [0.15, 0.2) is 12.3 Å². The van der Waals surface area contributed by atoms with E-state index in [0.717, 1.165) is 10.5 Å². The third kappa shape index (κ3) is 4.67. The number of hydrogen-bond donors (Lipinski definition) is 2. The first-order valence-corrected chi connectivity index (χ1v) is 9.54. The predicted molar refractivity (Wildman–Crippen MR) is 117 cm³/mol. The molecule has 2 aromatic carbocycles. The van der Waals surface area contributed by atoms with Gasteiger partial charge in [0.1, 0.15) is 11.6 Å². The number of aromatic nitrogens is 2. The number of carbonyl (C=O) groups excluding carboxylic acids is 1. The Balaban J connectivity index is 1.83. The fourth-order valence-electron chi connectivity index (χ4n) is 2.76. The van der Waals surface area contributed by atoms with E-state index in [2.05, 4.69) is 4.98 Å². The molecule has 0 fully saturated rings. The van der Waals surface area contributed by atoms with Crippen LogP contribution < -0.4 is 26.6 Å². The average molecular weight is 449 g/mol. The Hall–Kier alpha value is -3.23. The Morgan fingerprint density at radius 3 is 2.50 bits per heavy atom. The highest BCUT2D eigenvalue weighted by atomic mass is 35.5. The highest BCUT2D eigenvalue weighted by Gasteiger charge is 2.21.